The fourth-order valence-electron chi connectivity index (χ4n) is 3.72. The Morgan fingerprint density at radius 2 is 1.84 bits per heavy atom. The molecule has 0 unspecified atom stereocenters. The smallest absolute Gasteiger partial charge is 0.410 e. The van der Waals surface area contributed by atoms with Crippen LogP contribution in [0, 0.1) is 10.1 Å². The van der Waals surface area contributed by atoms with E-state index >= 15 is 0 Å². The molecular weight excluding hydrogens is 593 g/mol. The molecule has 2 aliphatic heterocycles. The normalized spacial score (nSPS) is 21.1. The Balaban J connectivity index is 1.78. The van der Waals surface area contributed by atoms with Gasteiger partial charge in [0.2, 0.25) is 3.79 Å². The number of thioether (sulfide) groups is 1. The van der Waals surface area contributed by atoms with Crippen molar-refractivity contribution in [2.45, 2.75) is 27.8 Å². The Morgan fingerprint density at radius 1 is 1.21 bits per heavy atom. The Hall–Kier alpha value is -2.33. The highest BCUT2D eigenvalue weighted by Gasteiger charge is 2.67. The van der Waals surface area contributed by atoms with E-state index < -0.39 is 50.7 Å². The quantitative estimate of drug-likeness (QED) is 0.103. The number of alkyl carbamates (subject to hydrolysis) is 1. The number of nitro benzene ring substituents is 1. The minimum Gasteiger partial charge on any atom is -0.456 e. The molecule has 0 spiro atoms. The molecule has 2 aliphatic rings. The minimum atomic E-state index is -1.90. The van der Waals surface area contributed by atoms with Gasteiger partial charge in [-0.15, -0.1) is 11.8 Å². The SMILES string of the molecule is COC(OC)C1=C(C(=O)OCC(Cl)(Cl)Cl)N2C(=O)[C@](NC(=O)OCc3ccc([N+](=O)[O-])cc3)(OC)[C@@H]2SC1. The van der Waals surface area contributed by atoms with Crippen molar-refractivity contribution >= 4 is 70.2 Å². The molecule has 2 atom stereocenters. The van der Waals surface area contributed by atoms with Gasteiger partial charge in [0.05, 0.1) is 4.92 Å². The molecule has 38 heavy (non-hydrogen) atoms. The molecule has 17 heteroatoms. The maximum absolute atomic E-state index is 13.4. The second kappa shape index (κ2) is 12.2. The predicted octanol–water partition coefficient (Wildman–Crippen LogP) is 2.87. The van der Waals surface area contributed by atoms with Crippen LogP contribution in [0.4, 0.5) is 10.5 Å². The first-order chi connectivity index (χ1) is 17.9. The Morgan fingerprint density at radius 3 is 2.37 bits per heavy atom. The number of fused-ring (bicyclic) bond motifs is 1. The van der Waals surface area contributed by atoms with Crippen molar-refractivity contribution in [1.29, 1.82) is 0 Å². The molecule has 13 nitrogen and oxygen atoms in total. The highest BCUT2D eigenvalue weighted by Crippen LogP contribution is 2.47. The van der Waals surface area contributed by atoms with Crippen LogP contribution < -0.4 is 5.32 Å². The molecule has 0 bridgehead atoms. The monoisotopic (exact) mass is 613 g/mol. The lowest BCUT2D eigenvalue weighted by atomic mass is 9.98. The van der Waals surface area contributed by atoms with E-state index in [2.05, 4.69) is 5.32 Å². The van der Waals surface area contributed by atoms with Crippen LogP contribution in [0.5, 0.6) is 0 Å². The topological polar surface area (TPSA) is 156 Å². The molecule has 2 heterocycles. The van der Waals surface area contributed by atoms with E-state index in [1.807, 2.05) is 0 Å². The van der Waals surface area contributed by atoms with Crippen LogP contribution in [0.1, 0.15) is 5.56 Å². The number of alkyl halides is 3. The van der Waals surface area contributed by atoms with Gasteiger partial charge in [0.25, 0.3) is 17.3 Å². The number of carbonyl (C=O) groups is 3. The maximum atomic E-state index is 13.4. The Bertz CT molecular complexity index is 1130. The van der Waals surface area contributed by atoms with Gasteiger partial charge in [0.1, 0.15) is 24.3 Å². The summed E-state index contributed by atoms with van der Waals surface area (Å²) >= 11 is 18.2. The zero-order valence-electron chi connectivity index (χ0n) is 20.1. The maximum Gasteiger partial charge on any atom is 0.410 e. The van der Waals surface area contributed by atoms with Gasteiger partial charge in [-0.1, -0.05) is 34.8 Å². The van der Waals surface area contributed by atoms with E-state index in [9.17, 15) is 24.5 Å². The number of benzene rings is 1. The number of carbonyl (C=O) groups excluding carboxylic acids is 3. The van der Waals surface area contributed by atoms with E-state index in [0.717, 1.165) is 16.7 Å². The summed E-state index contributed by atoms with van der Waals surface area (Å²) in [5, 5.41) is 12.3. The summed E-state index contributed by atoms with van der Waals surface area (Å²) in [5.41, 5.74) is -1.44. The van der Waals surface area contributed by atoms with Crippen LogP contribution in [0.2, 0.25) is 0 Å². The average Bonchev–Trinajstić information content (AvgIpc) is 2.89. The van der Waals surface area contributed by atoms with Gasteiger partial charge in [-0.3, -0.25) is 25.1 Å². The lowest BCUT2D eigenvalue weighted by molar-refractivity contribution is -0.384. The average molecular weight is 615 g/mol. The lowest BCUT2D eigenvalue weighted by Crippen LogP contribution is -2.80. The van der Waals surface area contributed by atoms with Gasteiger partial charge in [0, 0.05) is 44.8 Å². The van der Waals surface area contributed by atoms with E-state index in [1.54, 1.807) is 0 Å². The summed E-state index contributed by atoms with van der Waals surface area (Å²) in [5.74, 6) is -1.65. The molecule has 208 valence electrons. The number of ether oxygens (including phenoxy) is 5. The fraction of sp³-hybridized carbons (Fsp3) is 0.476. The number of hydrogen-bond donors (Lipinski definition) is 1. The van der Waals surface area contributed by atoms with Gasteiger partial charge >= 0.3 is 12.1 Å². The molecule has 1 N–H and O–H groups in total. The molecular formula is C21H22Cl3N3O10S. The first kappa shape index (κ1) is 30.2. The molecule has 1 fully saturated rings. The van der Waals surface area contributed by atoms with Crippen LogP contribution in [-0.2, 0) is 39.9 Å². The van der Waals surface area contributed by atoms with Gasteiger partial charge in [-0.2, -0.15) is 0 Å². The molecule has 1 aromatic carbocycles. The standard InChI is InChI=1S/C21H22Cl3N3O10S/c1-33-16(34-2)13-9-38-18-21(35-3,17(29)26(18)14(13)15(28)37-10-20(22,23)24)25-19(30)36-8-11-4-6-12(7-5-11)27(31)32/h4-7,16,18H,8-10H2,1-3H3,(H,25,30)/t18-,21-/m0/s1. The summed E-state index contributed by atoms with van der Waals surface area (Å²) < 4.78 is 24.3. The van der Waals surface area contributed by atoms with Crippen LogP contribution in [0.15, 0.2) is 35.5 Å². The molecule has 0 saturated carbocycles. The number of amides is 2. The second-order valence-electron chi connectivity index (χ2n) is 7.77. The molecule has 0 radical (unpaired) electrons. The number of rotatable bonds is 10. The van der Waals surface area contributed by atoms with Crippen molar-refractivity contribution in [2.75, 3.05) is 33.7 Å². The number of non-ortho nitro benzene ring substituents is 1. The van der Waals surface area contributed by atoms with Crippen LogP contribution >= 0.6 is 46.6 Å². The van der Waals surface area contributed by atoms with E-state index in [0.29, 0.717) is 5.56 Å². The summed E-state index contributed by atoms with van der Waals surface area (Å²) in [6, 6.07) is 5.38. The minimum absolute atomic E-state index is 0.120. The predicted molar refractivity (Wildman–Crippen MR) is 135 cm³/mol. The molecule has 0 aliphatic carbocycles. The lowest BCUT2D eigenvalue weighted by Gasteiger charge is -2.55. The largest absolute Gasteiger partial charge is 0.456 e. The Kier molecular flexibility index (Phi) is 9.73. The van der Waals surface area contributed by atoms with E-state index in [-0.39, 0.29) is 29.3 Å². The van der Waals surface area contributed by atoms with Gasteiger partial charge in [-0.25, -0.2) is 9.59 Å². The summed E-state index contributed by atoms with van der Waals surface area (Å²) in [6.45, 7) is -0.832. The highest BCUT2D eigenvalue weighted by molar-refractivity contribution is 8.00. The van der Waals surface area contributed by atoms with Crippen molar-refractivity contribution in [2.24, 2.45) is 0 Å². The van der Waals surface area contributed by atoms with Gasteiger partial charge in [-0.05, 0) is 17.7 Å². The summed E-state index contributed by atoms with van der Waals surface area (Å²) in [7, 11) is 3.91. The number of esters is 1. The number of nitrogens with zero attached hydrogens (tertiary/aromatic N) is 2. The third kappa shape index (κ3) is 6.28. The number of halogens is 3. The third-order valence-electron chi connectivity index (χ3n) is 5.46. The first-order valence-electron chi connectivity index (χ1n) is 10.6. The molecule has 1 saturated heterocycles. The van der Waals surface area contributed by atoms with Crippen molar-refractivity contribution in [3.8, 4) is 0 Å². The molecule has 2 amide bonds. The number of methoxy groups -OCH3 is 3. The van der Waals surface area contributed by atoms with Gasteiger partial charge in [0.15, 0.2) is 6.29 Å². The summed E-state index contributed by atoms with van der Waals surface area (Å²) in [4.78, 5) is 50.3. The third-order valence-corrected chi connectivity index (χ3v) is 7.12. The molecule has 1 aromatic rings. The molecule has 3 rings (SSSR count). The fourth-order valence-corrected chi connectivity index (χ4v) is 5.33. The number of nitro groups is 1. The van der Waals surface area contributed by atoms with Crippen LogP contribution in [0.25, 0.3) is 0 Å². The first-order valence-corrected chi connectivity index (χ1v) is 12.8. The zero-order valence-corrected chi connectivity index (χ0v) is 23.2. The van der Waals surface area contributed by atoms with Crippen LogP contribution in [0.3, 0.4) is 0 Å². The van der Waals surface area contributed by atoms with E-state index in [4.69, 9.17) is 58.5 Å². The van der Waals surface area contributed by atoms with Gasteiger partial charge < -0.3 is 23.7 Å². The van der Waals surface area contributed by atoms with Crippen molar-refractivity contribution in [3.63, 3.8) is 0 Å². The van der Waals surface area contributed by atoms with Crippen molar-refractivity contribution < 1.29 is 43.0 Å². The number of nitrogens with one attached hydrogen (secondary N) is 1. The second-order valence-corrected chi connectivity index (χ2v) is 11.4. The zero-order chi connectivity index (χ0) is 28.3. The molecule has 0 aromatic heterocycles. The summed E-state index contributed by atoms with van der Waals surface area (Å²) in [6.07, 6.45) is -2.00. The van der Waals surface area contributed by atoms with E-state index in [1.165, 1.54) is 45.6 Å². The van der Waals surface area contributed by atoms with Crippen molar-refractivity contribution in [3.05, 3.63) is 51.2 Å². The van der Waals surface area contributed by atoms with Crippen LogP contribution in [-0.4, -0.2) is 82.7 Å². The number of β-lactam (4-membered cyclic amide) rings is 1. The van der Waals surface area contributed by atoms with Crippen molar-refractivity contribution in [1.82, 2.24) is 10.2 Å². The number of hydrogen-bond acceptors (Lipinski definition) is 11. The highest BCUT2D eigenvalue weighted by atomic mass is 35.6. The Labute approximate surface area is 235 Å².